The third kappa shape index (κ3) is 3.75. The van der Waals surface area contributed by atoms with Crippen LogP contribution in [-0.4, -0.2) is 17.0 Å². The zero-order valence-corrected chi connectivity index (χ0v) is 16.6. The van der Waals surface area contributed by atoms with E-state index in [2.05, 4.69) is 5.32 Å². The fourth-order valence-corrected chi connectivity index (χ4v) is 3.95. The maximum Gasteiger partial charge on any atom is 0.309 e. The minimum atomic E-state index is -0.899. The van der Waals surface area contributed by atoms with Crippen molar-refractivity contribution in [1.82, 2.24) is 0 Å². The van der Waals surface area contributed by atoms with Crippen LogP contribution in [0.15, 0.2) is 54.6 Å². The molecule has 0 heterocycles. The molecule has 2 aromatic carbocycles. The van der Waals surface area contributed by atoms with E-state index >= 15 is 0 Å². The normalized spacial score (nSPS) is 23.2. The Hall–Kier alpha value is -2.82. The summed E-state index contributed by atoms with van der Waals surface area (Å²) in [7, 11) is 0. The number of amides is 1. The smallest absolute Gasteiger partial charge is 0.309 e. The van der Waals surface area contributed by atoms with Gasteiger partial charge in [0.25, 0.3) is 0 Å². The Kier molecular flexibility index (Phi) is 5.45. The number of ether oxygens (including phenoxy) is 1. The van der Waals surface area contributed by atoms with Crippen molar-refractivity contribution in [2.45, 2.75) is 40.2 Å². The van der Waals surface area contributed by atoms with E-state index in [4.69, 9.17) is 4.74 Å². The summed E-state index contributed by atoms with van der Waals surface area (Å²) in [6.45, 7) is 5.97. The van der Waals surface area contributed by atoms with Gasteiger partial charge in [-0.05, 0) is 55.0 Å². The highest BCUT2D eigenvalue weighted by Crippen LogP contribution is 2.56. The minimum absolute atomic E-state index is 0.132. The standard InChI is InChI=1S/C23H27NO4/c1-22(2)19(13-14-23(22,3)21(26)27)20(25)24-17-9-11-18(12-10-17)28-15-16-7-5-4-6-8-16/h4-12,19H,13-15H2,1-3H3,(H,24,25)(H,26,27)/t19-,23+/m0/s1. The molecule has 0 aromatic heterocycles. The largest absolute Gasteiger partial charge is 0.489 e. The number of benzene rings is 2. The van der Waals surface area contributed by atoms with Crippen molar-refractivity contribution < 1.29 is 19.4 Å². The fraction of sp³-hybridized carbons (Fsp3) is 0.391. The average molecular weight is 381 g/mol. The first-order chi connectivity index (χ1) is 13.2. The lowest BCUT2D eigenvalue weighted by molar-refractivity contribution is -0.154. The second-order valence-corrected chi connectivity index (χ2v) is 8.24. The van der Waals surface area contributed by atoms with Gasteiger partial charge in [0.2, 0.25) is 5.91 Å². The molecule has 0 spiro atoms. The van der Waals surface area contributed by atoms with Crippen LogP contribution in [0.3, 0.4) is 0 Å². The molecule has 2 atom stereocenters. The van der Waals surface area contributed by atoms with Crippen LogP contribution in [0, 0.1) is 16.7 Å². The van der Waals surface area contributed by atoms with Crippen molar-refractivity contribution in [3.05, 3.63) is 60.2 Å². The zero-order chi connectivity index (χ0) is 20.4. The summed E-state index contributed by atoms with van der Waals surface area (Å²) < 4.78 is 5.76. The number of hydrogen-bond donors (Lipinski definition) is 2. The van der Waals surface area contributed by atoms with Gasteiger partial charge in [-0.15, -0.1) is 0 Å². The number of carbonyl (C=O) groups excluding carboxylic acids is 1. The summed E-state index contributed by atoms with van der Waals surface area (Å²) in [4.78, 5) is 24.5. The molecular weight excluding hydrogens is 354 g/mol. The number of carbonyl (C=O) groups is 2. The summed E-state index contributed by atoms with van der Waals surface area (Å²) in [5.74, 6) is -0.593. The maximum atomic E-state index is 12.8. The molecule has 1 saturated carbocycles. The van der Waals surface area contributed by atoms with Gasteiger partial charge in [0.1, 0.15) is 12.4 Å². The summed E-state index contributed by atoms with van der Waals surface area (Å²) in [5.41, 5.74) is 0.243. The summed E-state index contributed by atoms with van der Waals surface area (Å²) in [6, 6.07) is 17.2. The monoisotopic (exact) mass is 381 g/mol. The van der Waals surface area contributed by atoms with Gasteiger partial charge < -0.3 is 15.2 Å². The van der Waals surface area contributed by atoms with Gasteiger partial charge in [-0.3, -0.25) is 9.59 Å². The van der Waals surface area contributed by atoms with Crippen LogP contribution < -0.4 is 10.1 Å². The molecule has 28 heavy (non-hydrogen) atoms. The van der Waals surface area contributed by atoms with E-state index in [-0.39, 0.29) is 11.8 Å². The number of nitrogens with one attached hydrogen (secondary N) is 1. The van der Waals surface area contributed by atoms with Crippen molar-refractivity contribution in [3.8, 4) is 5.75 Å². The van der Waals surface area contributed by atoms with Crippen molar-refractivity contribution in [1.29, 1.82) is 0 Å². The lowest BCUT2D eigenvalue weighted by Gasteiger charge is -2.37. The Morgan fingerprint density at radius 2 is 1.71 bits per heavy atom. The summed E-state index contributed by atoms with van der Waals surface area (Å²) >= 11 is 0. The quantitative estimate of drug-likeness (QED) is 0.758. The molecule has 0 aliphatic heterocycles. The van der Waals surface area contributed by atoms with E-state index in [0.717, 1.165) is 11.3 Å². The van der Waals surface area contributed by atoms with E-state index in [1.165, 1.54) is 0 Å². The van der Waals surface area contributed by atoms with E-state index < -0.39 is 16.8 Å². The van der Waals surface area contributed by atoms with Crippen LogP contribution in [-0.2, 0) is 16.2 Å². The second-order valence-electron chi connectivity index (χ2n) is 8.24. The van der Waals surface area contributed by atoms with Gasteiger partial charge >= 0.3 is 5.97 Å². The Morgan fingerprint density at radius 1 is 1.07 bits per heavy atom. The molecule has 2 aromatic rings. The van der Waals surface area contributed by atoms with Gasteiger partial charge in [-0.1, -0.05) is 44.2 Å². The summed E-state index contributed by atoms with van der Waals surface area (Å²) in [5, 5.41) is 12.5. The van der Waals surface area contributed by atoms with Gasteiger partial charge in [0.05, 0.1) is 5.41 Å². The molecule has 0 bridgehead atoms. The van der Waals surface area contributed by atoms with Crippen molar-refractivity contribution >= 4 is 17.6 Å². The lowest BCUT2D eigenvalue weighted by atomic mass is 9.65. The Labute approximate surface area is 165 Å². The van der Waals surface area contributed by atoms with Crippen molar-refractivity contribution in [3.63, 3.8) is 0 Å². The molecule has 1 fully saturated rings. The molecule has 1 amide bonds. The van der Waals surface area contributed by atoms with E-state index in [1.807, 2.05) is 56.3 Å². The Morgan fingerprint density at radius 3 is 2.29 bits per heavy atom. The SMILES string of the molecule is CC1(C)[C@H](C(=O)Nc2ccc(OCc3ccccc3)cc2)CC[C@]1(C)C(=O)O. The minimum Gasteiger partial charge on any atom is -0.489 e. The molecule has 1 aliphatic rings. The van der Waals surface area contributed by atoms with Crippen LogP contribution in [0.5, 0.6) is 5.75 Å². The first kappa shape index (κ1) is 19.9. The first-order valence-corrected chi connectivity index (χ1v) is 9.55. The highest BCUT2D eigenvalue weighted by Gasteiger charge is 2.58. The van der Waals surface area contributed by atoms with Crippen LogP contribution >= 0.6 is 0 Å². The van der Waals surface area contributed by atoms with E-state index in [9.17, 15) is 14.7 Å². The number of carboxylic acids is 1. The molecule has 1 aliphatic carbocycles. The number of aliphatic carboxylic acids is 1. The average Bonchev–Trinajstić information content (AvgIpc) is 2.92. The van der Waals surface area contributed by atoms with Crippen molar-refractivity contribution in [2.75, 3.05) is 5.32 Å². The molecule has 2 N–H and O–H groups in total. The topological polar surface area (TPSA) is 75.6 Å². The van der Waals surface area contributed by atoms with Crippen LogP contribution in [0.25, 0.3) is 0 Å². The zero-order valence-electron chi connectivity index (χ0n) is 16.6. The highest BCUT2D eigenvalue weighted by molar-refractivity contribution is 5.94. The maximum absolute atomic E-state index is 12.8. The van der Waals surface area contributed by atoms with Gasteiger partial charge in [-0.2, -0.15) is 0 Å². The molecule has 148 valence electrons. The number of anilines is 1. The predicted molar refractivity (Wildman–Crippen MR) is 108 cm³/mol. The highest BCUT2D eigenvalue weighted by atomic mass is 16.5. The summed E-state index contributed by atoms with van der Waals surface area (Å²) in [6.07, 6.45) is 1.07. The molecule has 5 heteroatoms. The van der Waals surface area contributed by atoms with Crippen LogP contribution in [0.2, 0.25) is 0 Å². The van der Waals surface area contributed by atoms with Crippen molar-refractivity contribution in [2.24, 2.45) is 16.7 Å². The van der Waals surface area contributed by atoms with E-state index in [0.29, 0.717) is 25.1 Å². The lowest BCUT2D eigenvalue weighted by Crippen LogP contribution is -2.43. The molecule has 5 nitrogen and oxygen atoms in total. The third-order valence-electron chi connectivity index (χ3n) is 6.38. The first-order valence-electron chi connectivity index (χ1n) is 9.55. The van der Waals surface area contributed by atoms with Gasteiger partial charge in [0, 0.05) is 11.6 Å². The van der Waals surface area contributed by atoms with Gasteiger partial charge in [-0.25, -0.2) is 0 Å². The predicted octanol–water partition coefficient (Wildman–Crippen LogP) is 4.73. The molecule has 0 saturated heterocycles. The Bertz CT molecular complexity index is 845. The van der Waals surface area contributed by atoms with Gasteiger partial charge in [0.15, 0.2) is 0 Å². The number of hydrogen-bond acceptors (Lipinski definition) is 3. The number of rotatable bonds is 6. The molecular formula is C23H27NO4. The third-order valence-corrected chi connectivity index (χ3v) is 6.38. The Balaban J connectivity index is 1.61. The van der Waals surface area contributed by atoms with Crippen LogP contribution in [0.4, 0.5) is 5.69 Å². The molecule has 0 unspecified atom stereocenters. The molecule has 0 radical (unpaired) electrons. The van der Waals surface area contributed by atoms with Crippen LogP contribution in [0.1, 0.15) is 39.2 Å². The second kappa shape index (κ2) is 7.66. The molecule has 3 rings (SSSR count). The fourth-order valence-electron chi connectivity index (χ4n) is 3.95. The number of carboxylic acid groups (broad SMARTS) is 1. The van der Waals surface area contributed by atoms with E-state index in [1.54, 1.807) is 19.1 Å².